The van der Waals surface area contributed by atoms with Gasteiger partial charge in [0.05, 0.1) is 0 Å². The van der Waals surface area contributed by atoms with E-state index in [0.29, 0.717) is 0 Å². The molecule has 0 N–H and O–H groups in total. The van der Waals surface area contributed by atoms with Gasteiger partial charge >= 0.3 is 0 Å². The van der Waals surface area contributed by atoms with E-state index in [2.05, 4.69) is 138 Å². The third-order valence-corrected chi connectivity index (χ3v) is 8.06. The first-order valence-electron chi connectivity index (χ1n) is 13.9. The monoisotopic (exact) mass is 490 g/mol. The van der Waals surface area contributed by atoms with Gasteiger partial charge in [-0.2, -0.15) is 0 Å². The Kier molecular flexibility index (Phi) is 5.78. The number of rotatable bonds is 6. The fraction of sp³-hybridized carbons (Fsp3) is 0.143. The molecule has 0 amide bonds. The molecule has 184 valence electrons. The molecule has 5 aromatic carbocycles. The van der Waals surface area contributed by atoms with E-state index in [1.54, 1.807) is 0 Å². The molecule has 0 aliphatic carbocycles. The number of para-hydroxylation sites is 3. The lowest BCUT2D eigenvalue weighted by Crippen LogP contribution is -2.61. The Hall–Kier alpha value is -4.24. The first kappa shape index (κ1) is 22.9. The molecular formula is C35H31BN2. The zero-order chi connectivity index (χ0) is 25.5. The van der Waals surface area contributed by atoms with Crippen LogP contribution in [0.5, 0.6) is 0 Å². The van der Waals surface area contributed by atoms with Crippen LogP contribution in [0.3, 0.4) is 0 Å². The molecule has 3 heteroatoms. The van der Waals surface area contributed by atoms with Crippen molar-refractivity contribution in [1.82, 2.24) is 0 Å². The van der Waals surface area contributed by atoms with E-state index in [1.807, 2.05) is 0 Å². The molecule has 0 fully saturated rings. The van der Waals surface area contributed by atoms with Gasteiger partial charge in [0.25, 0.3) is 6.71 Å². The standard InChI is InChI=1S/C35H31BN2/c1-2-3-6-14-26-23-24-32-30(25-26)36-29-19-11-12-20-31(29)37(27-15-7-4-8-16-27)33-21-13-22-34(35(33)36)38(32)28-17-9-5-10-18-28/h4-5,7-13,15-25H,2-3,6,14H2,1H3. The fourth-order valence-electron chi connectivity index (χ4n) is 6.38. The lowest BCUT2D eigenvalue weighted by atomic mass is 9.33. The maximum atomic E-state index is 2.50. The minimum absolute atomic E-state index is 0.193. The minimum atomic E-state index is 0.193. The van der Waals surface area contributed by atoms with Crippen molar-refractivity contribution in [2.45, 2.75) is 32.6 Å². The molecule has 0 saturated heterocycles. The van der Waals surface area contributed by atoms with Crippen LogP contribution in [0.4, 0.5) is 34.1 Å². The number of nitrogens with zero attached hydrogens (tertiary/aromatic N) is 2. The number of hydrogen-bond acceptors (Lipinski definition) is 2. The average Bonchev–Trinajstić information content (AvgIpc) is 2.98. The Morgan fingerprint density at radius 2 is 1.11 bits per heavy atom. The molecule has 2 heterocycles. The van der Waals surface area contributed by atoms with Gasteiger partial charge in [0.15, 0.2) is 0 Å². The van der Waals surface area contributed by atoms with Crippen LogP contribution in [0.1, 0.15) is 31.7 Å². The largest absolute Gasteiger partial charge is 0.311 e. The summed E-state index contributed by atoms with van der Waals surface area (Å²) in [4.78, 5) is 4.92. The molecule has 0 bridgehead atoms. The van der Waals surface area contributed by atoms with Gasteiger partial charge in [0, 0.05) is 34.1 Å². The first-order valence-corrected chi connectivity index (χ1v) is 13.9. The highest BCUT2D eigenvalue weighted by Gasteiger charge is 2.42. The summed E-state index contributed by atoms with van der Waals surface area (Å²) in [5.41, 5.74) is 13.1. The van der Waals surface area contributed by atoms with Crippen molar-refractivity contribution in [3.63, 3.8) is 0 Å². The van der Waals surface area contributed by atoms with Crippen molar-refractivity contribution in [3.05, 3.63) is 127 Å². The Balaban J connectivity index is 1.51. The Morgan fingerprint density at radius 3 is 1.76 bits per heavy atom. The van der Waals surface area contributed by atoms with E-state index in [4.69, 9.17) is 0 Å². The average molecular weight is 490 g/mol. The molecule has 0 spiro atoms. The minimum Gasteiger partial charge on any atom is -0.311 e. The Labute approximate surface area is 226 Å². The molecule has 0 atom stereocenters. The molecule has 0 saturated carbocycles. The molecule has 5 aromatic rings. The van der Waals surface area contributed by atoms with Crippen LogP contribution in [-0.4, -0.2) is 6.71 Å². The summed E-state index contributed by atoms with van der Waals surface area (Å²) in [6, 6.07) is 44.6. The fourth-order valence-corrected chi connectivity index (χ4v) is 6.38. The highest BCUT2D eigenvalue weighted by Crippen LogP contribution is 2.43. The molecule has 7 rings (SSSR count). The zero-order valence-corrected chi connectivity index (χ0v) is 21.8. The van der Waals surface area contributed by atoms with Crippen molar-refractivity contribution in [1.29, 1.82) is 0 Å². The third-order valence-electron chi connectivity index (χ3n) is 8.06. The Morgan fingerprint density at radius 1 is 0.526 bits per heavy atom. The molecule has 0 unspecified atom stereocenters. The summed E-state index contributed by atoms with van der Waals surface area (Å²) in [5, 5.41) is 0. The van der Waals surface area contributed by atoms with Gasteiger partial charge in [-0.15, -0.1) is 0 Å². The predicted molar refractivity (Wildman–Crippen MR) is 164 cm³/mol. The van der Waals surface area contributed by atoms with Gasteiger partial charge in [-0.25, -0.2) is 0 Å². The number of unbranched alkanes of at least 4 members (excludes halogenated alkanes) is 2. The SMILES string of the molecule is CCCCCc1ccc2c(c1)B1c3ccccc3N(c3ccccc3)c3cccc(c31)N2c1ccccc1. The van der Waals surface area contributed by atoms with Gasteiger partial charge in [-0.3, -0.25) is 0 Å². The number of hydrogen-bond donors (Lipinski definition) is 0. The smallest absolute Gasteiger partial charge is 0.252 e. The number of anilines is 6. The van der Waals surface area contributed by atoms with Crippen LogP contribution >= 0.6 is 0 Å². The van der Waals surface area contributed by atoms with Crippen molar-refractivity contribution in [2.75, 3.05) is 9.80 Å². The zero-order valence-electron chi connectivity index (χ0n) is 21.8. The summed E-state index contributed by atoms with van der Waals surface area (Å²) in [5.74, 6) is 0. The number of benzene rings is 5. The van der Waals surface area contributed by atoms with Crippen LogP contribution in [0.2, 0.25) is 0 Å². The van der Waals surface area contributed by atoms with Gasteiger partial charge in [0.1, 0.15) is 0 Å². The molecule has 0 radical (unpaired) electrons. The quantitative estimate of drug-likeness (QED) is 0.176. The van der Waals surface area contributed by atoms with Gasteiger partial charge in [0.2, 0.25) is 0 Å². The van der Waals surface area contributed by atoms with Crippen LogP contribution < -0.4 is 26.2 Å². The van der Waals surface area contributed by atoms with Gasteiger partial charge in [-0.1, -0.05) is 92.6 Å². The van der Waals surface area contributed by atoms with E-state index < -0.39 is 0 Å². The highest BCUT2D eigenvalue weighted by atomic mass is 15.2. The topological polar surface area (TPSA) is 6.48 Å². The van der Waals surface area contributed by atoms with E-state index in [0.717, 1.165) is 6.42 Å². The highest BCUT2D eigenvalue weighted by molar-refractivity contribution is 7.00. The molecule has 2 aliphatic rings. The van der Waals surface area contributed by atoms with Crippen LogP contribution in [0.15, 0.2) is 121 Å². The summed E-state index contributed by atoms with van der Waals surface area (Å²) in [6.45, 7) is 2.47. The summed E-state index contributed by atoms with van der Waals surface area (Å²) in [6.07, 6.45) is 4.89. The second-order valence-corrected chi connectivity index (χ2v) is 10.4. The number of aryl methyl sites for hydroxylation is 1. The van der Waals surface area contributed by atoms with E-state index in [9.17, 15) is 0 Å². The van der Waals surface area contributed by atoms with Crippen molar-refractivity contribution < 1.29 is 0 Å². The second kappa shape index (κ2) is 9.57. The summed E-state index contributed by atoms with van der Waals surface area (Å²) in [7, 11) is 0. The Bertz CT molecular complexity index is 1580. The predicted octanol–water partition coefficient (Wildman–Crippen LogP) is 7.50. The first-order chi connectivity index (χ1) is 18.8. The van der Waals surface area contributed by atoms with E-state index in [1.165, 1.54) is 75.3 Å². The summed E-state index contributed by atoms with van der Waals surface area (Å²) >= 11 is 0. The van der Waals surface area contributed by atoms with Crippen molar-refractivity contribution >= 4 is 57.2 Å². The van der Waals surface area contributed by atoms with Gasteiger partial charge in [-0.05, 0) is 83.3 Å². The van der Waals surface area contributed by atoms with E-state index in [-0.39, 0.29) is 6.71 Å². The lowest BCUT2D eigenvalue weighted by molar-refractivity contribution is 0.717. The maximum Gasteiger partial charge on any atom is 0.252 e. The van der Waals surface area contributed by atoms with Crippen molar-refractivity contribution in [3.8, 4) is 0 Å². The van der Waals surface area contributed by atoms with Crippen LogP contribution in [0, 0.1) is 0 Å². The van der Waals surface area contributed by atoms with Crippen molar-refractivity contribution in [2.24, 2.45) is 0 Å². The molecule has 2 nitrogen and oxygen atoms in total. The normalized spacial score (nSPS) is 13.1. The molecule has 0 aromatic heterocycles. The van der Waals surface area contributed by atoms with Gasteiger partial charge < -0.3 is 9.80 Å². The number of fused-ring (bicyclic) bond motifs is 4. The van der Waals surface area contributed by atoms with Crippen LogP contribution in [0.25, 0.3) is 0 Å². The van der Waals surface area contributed by atoms with Crippen LogP contribution in [-0.2, 0) is 6.42 Å². The second-order valence-electron chi connectivity index (χ2n) is 10.4. The molecular weight excluding hydrogens is 459 g/mol. The lowest BCUT2D eigenvalue weighted by Gasteiger charge is -2.44. The molecule has 2 aliphatic heterocycles. The molecule has 38 heavy (non-hydrogen) atoms. The third kappa shape index (κ3) is 3.65. The summed E-state index contributed by atoms with van der Waals surface area (Å²) < 4.78 is 0. The van der Waals surface area contributed by atoms with E-state index >= 15 is 0 Å². The maximum absolute atomic E-state index is 2.50.